The van der Waals surface area contributed by atoms with Crippen LogP contribution in [0.5, 0.6) is 5.88 Å². The fourth-order valence-corrected chi connectivity index (χ4v) is 4.29. The number of rotatable bonds is 9. The van der Waals surface area contributed by atoms with Gasteiger partial charge in [0, 0.05) is 48.0 Å². The van der Waals surface area contributed by atoms with Crippen molar-refractivity contribution in [3.05, 3.63) is 83.7 Å². The van der Waals surface area contributed by atoms with E-state index >= 15 is 0 Å². The van der Waals surface area contributed by atoms with E-state index in [0.717, 1.165) is 24.2 Å². The van der Waals surface area contributed by atoms with E-state index in [2.05, 4.69) is 14.9 Å². The van der Waals surface area contributed by atoms with Gasteiger partial charge in [-0.3, -0.25) is 9.78 Å². The largest absolute Gasteiger partial charge is 0.494 e. The molecule has 0 aliphatic heterocycles. The van der Waals surface area contributed by atoms with E-state index in [1.165, 1.54) is 7.11 Å². The standard InChI is InChI=1S/C29H31N5O4/c1-19(35)34(17-5-16-33(2)3)23-9-7-22(8-10-23)31-27(20-12-14-30-15-13-20)26-24-11-6-21(29(37)38-4)18-25(24)32-28(26)36/h6-15,18,32,36H,5,16-17H2,1-4H3. The second kappa shape index (κ2) is 11.7. The number of carbonyl (C=O) groups excluding carboxylic acids is 2. The van der Waals surface area contributed by atoms with Crippen LogP contribution in [-0.4, -0.2) is 71.9 Å². The Balaban J connectivity index is 1.74. The minimum Gasteiger partial charge on any atom is -0.494 e. The predicted octanol–water partition coefficient (Wildman–Crippen LogP) is 4.53. The maximum Gasteiger partial charge on any atom is 0.337 e. The lowest BCUT2D eigenvalue weighted by atomic mass is 10.0. The molecule has 0 aliphatic carbocycles. The highest BCUT2D eigenvalue weighted by Crippen LogP contribution is 2.32. The van der Waals surface area contributed by atoms with Gasteiger partial charge in [0.2, 0.25) is 5.91 Å². The number of carbonyl (C=O) groups is 2. The zero-order chi connectivity index (χ0) is 27.2. The Morgan fingerprint density at radius 1 is 1.00 bits per heavy atom. The third-order valence-electron chi connectivity index (χ3n) is 6.16. The van der Waals surface area contributed by atoms with Crippen molar-refractivity contribution < 1.29 is 19.4 Å². The average Bonchev–Trinajstić information content (AvgIpc) is 3.24. The van der Waals surface area contributed by atoms with Crippen molar-refractivity contribution >= 4 is 39.9 Å². The molecule has 2 heterocycles. The molecule has 196 valence electrons. The van der Waals surface area contributed by atoms with Crippen molar-refractivity contribution in [2.75, 3.05) is 39.2 Å². The number of nitrogens with zero attached hydrogens (tertiary/aromatic N) is 4. The van der Waals surface area contributed by atoms with Crippen molar-refractivity contribution in [2.45, 2.75) is 13.3 Å². The molecule has 4 aromatic rings. The molecule has 1 amide bonds. The zero-order valence-electron chi connectivity index (χ0n) is 21.9. The van der Waals surface area contributed by atoms with Crippen LogP contribution >= 0.6 is 0 Å². The summed E-state index contributed by atoms with van der Waals surface area (Å²) in [7, 11) is 5.34. The number of fused-ring (bicyclic) bond motifs is 1. The summed E-state index contributed by atoms with van der Waals surface area (Å²) in [6.45, 7) is 3.07. The van der Waals surface area contributed by atoms with Crippen molar-refractivity contribution in [3.8, 4) is 5.88 Å². The first-order chi connectivity index (χ1) is 18.3. The number of aromatic amines is 1. The van der Waals surface area contributed by atoms with Gasteiger partial charge in [-0.1, -0.05) is 6.07 Å². The van der Waals surface area contributed by atoms with Crippen LogP contribution in [0.15, 0.2) is 72.0 Å². The highest BCUT2D eigenvalue weighted by Gasteiger charge is 2.20. The first kappa shape index (κ1) is 26.6. The summed E-state index contributed by atoms with van der Waals surface area (Å²) in [4.78, 5) is 40.1. The summed E-state index contributed by atoms with van der Waals surface area (Å²) in [6, 6.07) is 16.1. The van der Waals surface area contributed by atoms with Gasteiger partial charge in [-0.15, -0.1) is 0 Å². The number of benzene rings is 2. The van der Waals surface area contributed by atoms with E-state index in [-0.39, 0.29) is 11.8 Å². The average molecular weight is 514 g/mol. The van der Waals surface area contributed by atoms with Crippen LogP contribution < -0.4 is 4.90 Å². The van der Waals surface area contributed by atoms with Crippen LogP contribution in [0.4, 0.5) is 11.4 Å². The number of nitrogens with one attached hydrogen (secondary N) is 1. The number of H-pyrrole nitrogens is 1. The van der Waals surface area contributed by atoms with Gasteiger partial charge in [0.15, 0.2) is 5.88 Å². The van der Waals surface area contributed by atoms with Crippen LogP contribution in [0.3, 0.4) is 0 Å². The third-order valence-corrected chi connectivity index (χ3v) is 6.16. The topological polar surface area (TPSA) is 111 Å². The lowest BCUT2D eigenvalue weighted by molar-refractivity contribution is -0.116. The fraction of sp³-hybridized carbons (Fsp3) is 0.241. The molecular weight excluding hydrogens is 482 g/mol. The molecular formula is C29H31N5O4. The first-order valence-corrected chi connectivity index (χ1v) is 12.2. The van der Waals surface area contributed by atoms with Gasteiger partial charge in [-0.05, 0) is 75.6 Å². The van der Waals surface area contributed by atoms with Gasteiger partial charge in [-0.2, -0.15) is 0 Å². The van der Waals surface area contributed by atoms with Crippen LogP contribution in [0.1, 0.15) is 34.8 Å². The Morgan fingerprint density at radius 2 is 1.71 bits per heavy atom. The molecule has 4 rings (SSSR count). The summed E-state index contributed by atoms with van der Waals surface area (Å²) in [5, 5.41) is 11.6. The van der Waals surface area contributed by atoms with Crippen LogP contribution in [0.2, 0.25) is 0 Å². The van der Waals surface area contributed by atoms with Crippen molar-refractivity contribution in [2.24, 2.45) is 4.99 Å². The Hall–Kier alpha value is -4.50. The number of hydrogen-bond acceptors (Lipinski definition) is 7. The van der Waals surface area contributed by atoms with Crippen molar-refractivity contribution in [1.29, 1.82) is 0 Å². The molecule has 0 saturated heterocycles. The molecule has 2 aromatic carbocycles. The lowest BCUT2D eigenvalue weighted by Gasteiger charge is -2.22. The number of ether oxygens (including phenoxy) is 1. The highest BCUT2D eigenvalue weighted by atomic mass is 16.5. The number of aromatic nitrogens is 2. The second-order valence-electron chi connectivity index (χ2n) is 9.14. The molecule has 0 saturated carbocycles. The van der Waals surface area contributed by atoms with Crippen LogP contribution in [0.25, 0.3) is 10.9 Å². The number of hydrogen-bond donors (Lipinski definition) is 2. The fourth-order valence-electron chi connectivity index (χ4n) is 4.29. The van der Waals surface area contributed by atoms with E-state index in [1.807, 2.05) is 50.5 Å². The number of methoxy groups -OCH3 is 1. The Labute approximate surface area is 221 Å². The SMILES string of the molecule is COC(=O)c1ccc2c(C(=Nc3ccc(N(CCCN(C)C)C(C)=O)cc3)c3ccncc3)c(O)[nH]c2c1. The number of anilines is 1. The summed E-state index contributed by atoms with van der Waals surface area (Å²) in [5.41, 5.74) is 4.18. The molecule has 9 nitrogen and oxygen atoms in total. The first-order valence-electron chi connectivity index (χ1n) is 12.2. The Morgan fingerprint density at radius 3 is 2.34 bits per heavy atom. The van der Waals surface area contributed by atoms with Crippen LogP contribution in [0, 0.1) is 0 Å². The second-order valence-corrected chi connectivity index (χ2v) is 9.14. The van der Waals surface area contributed by atoms with Gasteiger partial charge in [-0.25, -0.2) is 9.79 Å². The van der Waals surface area contributed by atoms with E-state index in [4.69, 9.17) is 9.73 Å². The maximum atomic E-state index is 12.3. The number of aromatic hydroxyl groups is 1. The quantitative estimate of drug-likeness (QED) is 0.251. The Kier molecular flexibility index (Phi) is 8.18. The van der Waals surface area contributed by atoms with Gasteiger partial charge >= 0.3 is 5.97 Å². The number of pyridine rings is 1. The van der Waals surface area contributed by atoms with Gasteiger partial charge in [0.1, 0.15) is 0 Å². The Bertz CT molecular complexity index is 1460. The van der Waals surface area contributed by atoms with Crippen LogP contribution in [-0.2, 0) is 9.53 Å². The van der Waals surface area contributed by atoms with Crippen molar-refractivity contribution in [1.82, 2.24) is 14.9 Å². The maximum absolute atomic E-state index is 12.3. The highest BCUT2D eigenvalue weighted by molar-refractivity contribution is 6.22. The monoisotopic (exact) mass is 513 g/mol. The summed E-state index contributed by atoms with van der Waals surface area (Å²) >= 11 is 0. The smallest absolute Gasteiger partial charge is 0.337 e. The predicted molar refractivity (Wildman–Crippen MR) is 148 cm³/mol. The van der Waals surface area contributed by atoms with E-state index < -0.39 is 5.97 Å². The molecule has 0 spiro atoms. The molecule has 0 unspecified atom stereocenters. The number of esters is 1. The lowest BCUT2D eigenvalue weighted by Crippen LogP contribution is -2.31. The normalized spacial score (nSPS) is 11.7. The van der Waals surface area contributed by atoms with Gasteiger partial charge < -0.3 is 24.6 Å². The molecule has 0 fully saturated rings. The van der Waals surface area contributed by atoms with E-state index in [1.54, 1.807) is 42.4 Å². The van der Waals surface area contributed by atoms with E-state index in [9.17, 15) is 14.7 Å². The van der Waals surface area contributed by atoms with E-state index in [0.29, 0.717) is 40.0 Å². The summed E-state index contributed by atoms with van der Waals surface area (Å²) in [6.07, 6.45) is 4.18. The minimum absolute atomic E-state index is 0.0208. The number of aliphatic imine (C=N–C) groups is 1. The van der Waals surface area contributed by atoms with Crippen molar-refractivity contribution in [3.63, 3.8) is 0 Å². The molecule has 9 heteroatoms. The summed E-state index contributed by atoms with van der Waals surface area (Å²) in [5.74, 6) is -0.558. The third kappa shape index (κ3) is 5.90. The minimum atomic E-state index is -0.466. The molecule has 2 N–H and O–H groups in total. The molecule has 0 aliphatic rings. The summed E-state index contributed by atoms with van der Waals surface area (Å²) < 4.78 is 4.82. The van der Waals surface area contributed by atoms with Gasteiger partial charge in [0.05, 0.1) is 29.6 Å². The molecule has 0 radical (unpaired) electrons. The van der Waals surface area contributed by atoms with Gasteiger partial charge in [0.25, 0.3) is 0 Å². The molecule has 2 aromatic heterocycles. The molecule has 0 bridgehead atoms. The zero-order valence-corrected chi connectivity index (χ0v) is 21.9. The number of amides is 1. The molecule has 0 atom stereocenters. The molecule has 38 heavy (non-hydrogen) atoms.